The number of benzene rings is 1. The van der Waals surface area contributed by atoms with Gasteiger partial charge in [-0.15, -0.1) is 11.8 Å². The van der Waals surface area contributed by atoms with Crippen molar-refractivity contribution in [3.8, 4) is 0 Å². The quantitative estimate of drug-likeness (QED) is 0.760. The Labute approximate surface area is 130 Å². The zero-order valence-electron chi connectivity index (χ0n) is 11.9. The van der Waals surface area contributed by atoms with E-state index in [-0.39, 0.29) is 0 Å². The molecular formula is C16H24BrNS. The van der Waals surface area contributed by atoms with Crippen molar-refractivity contribution < 1.29 is 0 Å². The van der Waals surface area contributed by atoms with Crippen LogP contribution >= 0.6 is 27.7 Å². The standard InChI is InChI=1S/C16H24BrNS/c1-12(2)10-18-11-13-7-8-15(9-16(13)17)19-14-5-3-4-6-14/h7-9,12,14,18H,3-6,10-11H2,1-2H3. The van der Waals surface area contributed by atoms with Crippen molar-refractivity contribution in [1.29, 1.82) is 0 Å². The molecule has 3 heteroatoms. The molecule has 0 atom stereocenters. The predicted octanol–water partition coefficient (Wildman–Crippen LogP) is 5.23. The molecule has 106 valence electrons. The van der Waals surface area contributed by atoms with Gasteiger partial charge in [-0.25, -0.2) is 0 Å². The van der Waals surface area contributed by atoms with Gasteiger partial charge in [0.15, 0.2) is 0 Å². The normalized spacial score (nSPS) is 16.4. The highest BCUT2D eigenvalue weighted by atomic mass is 79.9. The van der Waals surface area contributed by atoms with E-state index in [1.54, 1.807) is 0 Å². The van der Waals surface area contributed by atoms with Crippen LogP contribution in [0, 0.1) is 5.92 Å². The highest BCUT2D eigenvalue weighted by Gasteiger charge is 2.16. The van der Waals surface area contributed by atoms with E-state index in [1.807, 2.05) is 0 Å². The van der Waals surface area contributed by atoms with Gasteiger partial charge in [0.2, 0.25) is 0 Å². The van der Waals surface area contributed by atoms with Gasteiger partial charge in [0.1, 0.15) is 0 Å². The molecule has 0 unspecified atom stereocenters. The number of halogens is 1. The molecule has 0 aromatic heterocycles. The lowest BCUT2D eigenvalue weighted by Gasteiger charge is -2.12. The molecule has 1 nitrogen and oxygen atoms in total. The number of hydrogen-bond acceptors (Lipinski definition) is 2. The maximum absolute atomic E-state index is 3.71. The van der Waals surface area contributed by atoms with E-state index in [1.165, 1.54) is 40.6 Å². The molecule has 0 spiro atoms. The van der Waals surface area contributed by atoms with Gasteiger partial charge in [0, 0.05) is 21.2 Å². The second kappa shape index (κ2) is 7.70. The van der Waals surface area contributed by atoms with Crippen molar-refractivity contribution >= 4 is 27.7 Å². The van der Waals surface area contributed by atoms with Gasteiger partial charge in [-0.05, 0) is 43.0 Å². The van der Waals surface area contributed by atoms with Crippen LogP contribution in [0.3, 0.4) is 0 Å². The van der Waals surface area contributed by atoms with Gasteiger partial charge in [0.25, 0.3) is 0 Å². The second-order valence-corrected chi connectivity index (χ2v) is 8.03. The summed E-state index contributed by atoms with van der Waals surface area (Å²) in [4.78, 5) is 1.41. The largest absolute Gasteiger partial charge is 0.312 e. The van der Waals surface area contributed by atoms with E-state index in [2.05, 4.69) is 65.1 Å². The van der Waals surface area contributed by atoms with Gasteiger partial charge in [0.05, 0.1) is 0 Å². The second-order valence-electron chi connectivity index (χ2n) is 5.80. The van der Waals surface area contributed by atoms with Crippen LogP contribution in [-0.4, -0.2) is 11.8 Å². The first-order chi connectivity index (χ1) is 9.15. The molecule has 1 aromatic rings. The Balaban J connectivity index is 1.88. The van der Waals surface area contributed by atoms with Gasteiger partial charge in [-0.2, -0.15) is 0 Å². The minimum atomic E-state index is 0.705. The lowest BCUT2D eigenvalue weighted by atomic mass is 10.2. The molecule has 0 heterocycles. The first-order valence-electron chi connectivity index (χ1n) is 7.31. The van der Waals surface area contributed by atoms with Crippen LogP contribution in [0.5, 0.6) is 0 Å². The van der Waals surface area contributed by atoms with Crippen LogP contribution in [0.15, 0.2) is 27.6 Å². The Hall–Kier alpha value is 0.01000. The van der Waals surface area contributed by atoms with E-state index >= 15 is 0 Å². The highest BCUT2D eigenvalue weighted by Crippen LogP contribution is 2.36. The molecule has 1 saturated carbocycles. The van der Waals surface area contributed by atoms with Gasteiger partial charge in [-0.3, -0.25) is 0 Å². The van der Waals surface area contributed by atoms with Crippen molar-refractivity contribution in [1.82, 2.24) is 5.32 Å². The number of rotatable bonds is 6. The summed E-state index contributed by atoms with van der Waals surface area (Å²) in [6, 6.07) is 6.82. The predicted molar refractivity (Wildman–Crippen MR) is 88.8 cm³/mol. The molecule has 0 bridgehead atoms. The SMILES string of the molecule is CC(C)CNCc1ccc(SC2CCCC2)cc1Br. The smallest absolute Gasteiger partial charge is 0.0231 e. The molecule has 1 aliphatic rings. The molecule has 0 amide bonds. The Morgan fingerprint density at radius 2 is 2.05 bits per heavy atom. The van der Waals surface area contributed by atoms with E-state index in [4.69, 9.17) is 0 Å². The summed E-state index contributed by atoms with van der Waals surface area (Å²) in [6.45, 7) is 6.50. The van der Waals surface area contributed by atoms with Crippen molar-refractivity contribution in [2.75, 3.05) is 6.54 Å². The molecule has 19 heavy (non-hydrogen) atoms. The van der Waals surface area contributed by atoms with Gasteiger partial charge < -0.3 is 5.32 Å². The molecule has 0 radical (unpaired) electrons. The van der Waals surface area contributed by atoms with Crippen LogP contribution in [-0.2, 0) is 6.54 Å². The molecular weight excluding hydrogens is 318 g/mol. The van der Waals surface area contributed by atoms with Crippen molar-refractivity contribution in [2.45, 2.75) is 56.2 Å². The van der Waals surface area contributed by atoms with Crippen molar-refractivity contribution in [2.24, 2.45) is 5.92 Å². The fourth-order valence-electron chi connectivity index (χ4n) is 2.44. The number of thioether (sulfide) groups is 1. The molecule has 0 aliphatic heterocycles. The summed E-state index contributed by atoms with van der Waals surface area (Å²) >= 11 is 5.76. The Morgan fingerprint density at radius 1 is 1.32 bits per heavy atom. The maximum atomic E-state index is 3.71. The minimum Gasteiger partial charge on any atom is -0.312 e. The zero-order valence-corrected chi connectivity index (χ0v) is 14.3. The molecule has 0 saturated heterocycles. The van der Waals surface area contributed by atoms with Gasteiger partial charge >= 0.3 is 0 Å². The molecule has 1 aromatic carbocycles. The summed E-state index contributed by atoms with van der Waals surface area (Å²) in [7, 11) is 0. The monoisotopic (exact) mass is 341 g/mol. The maximum Gasteiger partial charge on any atom is 0.0231 e. The van der Waals surface area contributed by atoms with Crippen LogP contribution < -0.4 is 5.32 Å². The number of nitrogens with one attached hydrogen (secondary N) is 1. The van der Waals surface area contributed by atoms with Crippen molar-refractivity contribution in [3.05, 3.63) is 28.2 Å². The van der Waals surface area contributed by atoms with E-state index < -0.39 is 0 Å². The van der Waals surface area contributed by atoms with Crippen LogP contribution in [0.4, 0.5) is 0 Å². The topological polar surface area (TPSA) is 12.0 Å². The molecule has 1 fully saturated rings. The molecule has 1 aliphatic carbocycles. The average Bonchev–Trinajstić information content (AvgIpc) is 2.84. The third-order valence-electron chi connectivity index (χ3n) is 3.50. The lowest BCUT2D eigenvalue weighted by Crippen LogP contribution is -2.19. The van der Waals surface area contributed by atoms with Crippen LogP contribution in [0.1, 0.15) is 45.1 Å². The van der Waals surface area contributed by atoms with Crippen LogP contribution in [0.2, 0.25) is 0 Å². The van der Waals surface area contributed by atoms with Crippen LogP contribution in [0.25, 0.3) is 0 Å². The highest BCUT2D eigenvalue weighted by molar-refractivity contribution is 9.10. The summed E-state index contributed by atoms with van der Waals surface area (Å²) in [5.41, 5.74) is 1.36. The third kappa shape index (κ3) is 5.13. The molecule has 1 N–H and O–H groups in total. The fourth-order valence-corrected chi connectivity index (χ4v) is 4.40. The van der Waals surface area contributed by atoms with E-state index in [0.717, 1.165) is 18.3 Å². The van der Waals surface area contributed by atoms with Gasteiger partial charge in [-0.1, -0.05) is 48.7 Å². The average molecular weight is 342 g/mol. The zero-order chi connectivity index (χ0) is 13.7. The van der Waals surface area contributed by atoms with E-state index in [0.29, 0.717) is 5.92 Å². The Morgan fingerprint density at radius 3 is 2.68 bits per heavy atom. The molecule has 2 rings (SSSR count). The summed E-state index contributed by atoms with van der Waals surface area (Å²) in [5, 5.41) is 4.34. The minimum absolute atomic E-state index is 0.705. The number of hydrogen-bond donors (Lipinski definition) is 1. The summed E-state index contributed by atoms with van der Waals surface area (Å²) in [6.07, 6.45) is 5.60. The first kappa shape index (κ1) is 15.4. The van der Waals surface area contributed by atoms with E-state index in [9.17, 15) is 0 Å². The third-order valence-corrected chi connectivity index (χ3v) is 5.57. The summed E-state index contributed by atoms with van der Waals surface area (Å²) < 4.78 is 1.24. The van der Waals surface area contributed by atoms with Crippen molar-refractivity contribution in [3.63, 3.8) is 0 Å². The first-order valence-corrected chi connectivity index (χ1v) is 8.98. The lowest BCUT2D eigenvalue weighted by molar-refractivity contribution is 0.551. The Bertz CT molecular complexity index is 400. The summed E-state index contributed by atoms with van der Waals surface area (Å²) in [5.74, 6) is 0.705. The fraction of sp³-hybridized carbons (Fsp3) is 0.625. The Kier molecular flexibility index (Phi) is 6.24.